The van der Waals surface area contributed by atoms with Gasteiger partial charge in [0.25, 0.3) is 0 Å². The fourth-order valence-corrected chi connectivity index (χ4v) is 2.05. The smallest absolute Gasteiger partial charge is 0.303 e. The zero-order valence-corrected chi connectivity index (χ0v) is 11.5. The van der Waals surface area contributed by atoms with Crippen LogP contribution in [-0.4, -0.2) is 21.3 Å². The number of hydrogen-bond donors (Lipinski definition) is 1. The van der Waals surface area contributed by atoms with E-state index in [1.54, 1.807) is 0 Å². The summed E-state index contributed by atoms with van der Waals surface area (Å²) in [6.45, 7) is 2.09. The summed E-state index contributed by atoms with van der Waals surface area (Å²) < 4.78 is 5.65. The van der Waals surface area contributed by atoms with Crippen LogP contribution in [0.2, 0.25) is 0 Å². The molecule has 20 heavy (non-hydrogen) atoms. The van der Waals surface area contributed by atoms with Crippen LogP contribution in [0.3, 0.4) is 0 Å². The minimum atomic E-state index is -0.770. The van der Waals surface area contributed by atoms with Crippen LogP contribution in [0.5, 0.6) is 0 Å². The maximum absolute atomic E-state index is 10.4. The first-order valence-corrected chi connectivity index (χ1v) is 6.83. The summed E-state index contributed by atoms with van der Waals surface area (Å²) >= 11 is 0. The Hall–Kier alpha value is -2.17. The van der Waals surface area contributed by atoms with Gasteiger partial charge in [-0.15, -0.1) is 10.2 Å². The van der Waals surface area contributed by atoms with E-state index in [0.29, 0.717) is 24.6 Å². The molecule has 0 aliphatic heterocycles. The van der Waals surface area contributed by atoms with E-state index in [-0.39, 0.29) is 6.42 Å². The fraction of sp³-hybridized carbons (Fsp3) is 0.400. The van der Waals surface area contributed by atoms with Crippen molar-refractivity contribution in [2.45, 2.75) is 39.0 Å². The molecule has 0 fully saturated rings. The lowest BCUT2D eigenvalue weighted by atomic mass is 10.1. The van der Waals surface area contributed by atoms with Crippen LogP contribution in [0, 0.1) is 0 Å². The Morgan fingerprint density at radius 3 is 2.80 bits per heavy atom. The van der Waals surface area contributed by atoms with Gasteiger partial charge in [-0.1, -0.05) is 25.1 Å². The Bertz CT molecular complexity index is 578. The molecule has 1 aromatic carbocycles. The lowest BCUT2D eigenvalue weighted by molar-refractivity contribution is -0.137. The van der Waals surface area contributed by atoms with Gasteiger partial charge in [0.15, 0.2) is 0 Å². The number of nitrogens with zero attached hydrogens (tertiary/aromatic N) is 2. The van der Waals surface area contributed by atoms with E-state index in [1.807, 2.05) is 24.3 Å². The van der Waals surface area contributed by atoms with E-state index in [1.165, 1.54) is 5.56 Å². The fourth-order valence-electron chi connectivity index (χ4n) is 2.05. The normalized spacial score (nSPS) is 10.7. The van der Waals surface area contributed by atoms with Crippen molar-refractivity contribution in [2.75, 3.05) is 0 Å². The van der Waals surface area contributed by atoms with Crippen LogP contribution in [0.4, 0.5) is 0 Å². The third kappa shape index (κ3) is 3.66. The molecule has 0 amide bonds. The van der Waals surface area contributed by atoms with Gasteiger partial charge in [-0.3, -0.25) is 4.79 Å². The summed E-state index contributed by atoms with van der Waals surface area (Å²) in [6.07, 6.45) is 3.07. The molecule has 1 N–H and O–H groups in total. The Labute approximate surface area is 117 Å². The lowest BCUT2D eigenvalue weighted by Crippen LogP contribution is -1.95. The van der Waals surface area contributed by atoms with Crippen molar-refractivity contribution in [1.82, 2.24) is 10.2 Å². The SMILES string of the molecule is CCc1ccccc1-c1nnc(CCCCC(=O)O)o1. The molecule has 0 spiro atoms. The van der Waals surface area contributed by atoms with E-state index in [4.69, 9.17) is 9.52 Å². The monoisotopic (exact) mass is 274 g/mol. The van der Waals surface area contributed by atoms with Crippen molar-refractivity contribution in [1.29, 1.82) is 0 Å². The van der Waals surface area contributed by atoms with Gasteiger partial charge in [0, 0.05) is 18.4 Å². The van der Waals surface area contributed by atoms with Gasteiger partial charge >= 0.3 is 5.97 Å². The van der Waals surface area contributed by atoms with Crippen LogP contribution in [0.1, 0.15) is 37.6 Å². The summed E-state index contributed by atoms with van der Waals surface area (Å²) in [5, 5.41) is 16.7. The minimum Gasteiger partial charge on any atom is -0.481 e. The average Bonchev–Trinajstić information content (AvgIpc) is 2.92. The molecule has 0 radical (unpaired) electrons. The van der Waals surface area contributed by atoms with Crippen LogP contribution < -0.4 is 0 Å². The minimum absolute atomic E-state index is 0.180. The standard InChI is InChI=1S/C15H18N2O3/c1-2-11-7-3-4-8-12(11)15-17-16-13(20-15)9-5-6-10-14(18)19/h3-4,7-8H,2,5-6,9-10H2,1H3,(H,18,19). The highest BCUT2D eigenvalue weighted by molar-refractivity contribution is 5.66. The first kappa shape index (κ1) is 14.2. The Morgan fingerprint density at radius 1 is 1.25 bits per heavy atom. The third-order valence-electron chi connectivity index (χ3n) is 3.13. The quantitative estimate of drug-likeness (QED) is 0.785. The molecule has 0 aliphatic rings. The maximum atomic E-state index is 10.4. The number of benzene rings is 1. The number of carbonyl (C=O) groups is 1. The van der Waals surface area contributed by atoms with Gasteiger partial charge in [-0.05, 0) is 30.9 Å². The van der Waals surface area contributed by atoms with Gasteiger partial charge in [-0.2, -0.15) is 0 Å². The molecular formula is C15H18N2O3. The highest BCUT2D eigenvalue weighted by atomic mass is 16.4. The number of carboxylic acid groups (broad SMARTS) is 1. The zero-order chi connectivity index (χ0) is 14.4. The Kier molecular flexibility index (Phi) is 4.87. The molecule has 0 saturated carbocycles. The average molecular weight is 274 g/mol. The van der Waals surface area contributed by atoms with Crippen molar-refractivity contribution in [3.63, 3.8) is 0 Å². The Morgan fingerprint density at radius 2 is 2.05 bits per heavy atom. The van der Waals surface area contributed by atoms with Crippen molar-refractivity contribution < 1.29 is 14.3 Å². The van der Waals surface area contributed by atoms with Gasteiger partial charge in [0.2, 0.25) is 11.8 Å². The number of hydrogen-bond acceptors (Lipinski definition) is 4. The second kappa shape index (κ2) is 6.84. The highest BCUT2D eigenvalue weighted by Crippen LogP contribution is 2.23. The summed E-state index contributed by atoms with van der Waals surface area (Å²) in [6, 6.07) is 7.96. The lowest BCUT2D eigenvalue weighted by Gasteiger charge is -2.02. The van der Waals surface area contributed by atoms with Crippen LogP contribution in [0.15, 0.2) is 28.7 Å². The summed E-state index contributed by atoms with van der Waals surface area (Å²) in [5.41, 5.74) is 2.15. The van der Waals surface area contributed by atoms with Gasteiger partial charge in [-0.25, -0.2) is 0 Å². The van der Waals surface area contributed by atoms with E-state index < -0.39 is 5.97 Å². The van der Waals surface area contributed by atoms with Crippen molar-refractivity contribution in [3.8, 4) is 11.5 Å². The molecule has 5 nitrogen and oxygen atoms in total. The van der Waals surface area contributed by atoms with Crippen molar-refractivity contribution in [3.05, 3.63) is 35.7 Å². The molecule has 1 heterocycles. The van der Waals surface area contributed by atoms with Gasteiger partial charge < -0.3 is 9.52 Å². The number of aromatic nitrogens is 2. The molecule has 0 bridgehead atoms. The molecule has 106 valence electrons. The topological polar surface area (TPSA) is 76.2 Å². The molecule has 0 atom stereocenters. The summed E-state index contributed by atoms with van der Waals surface area (Å²) in [7, 11) is 0. The Balaban J connectivity index is 2.00. The maximum Gasteiger partial charge on any atom is 0.303 e. The first-order chi connectivity index (χ1) is 9.70. The van der Waals surface area contributed by atoms with Crippen LogP contribution in [-0.2, 0) is 17.6 Å². The van der Waals surface area contributed by atoms with Gasteiger partial charge in [0.05, 0.1) is 0 Å². The largest absolute Gasteiger partial charge is 0.481 e. The number of aliphatic carboxylic acids is 1. The van der Waals surface area contributed by atoms with E-state index in [2.05, 4.69) is 17.1 Å². The second-order valence-corrected chi connectivity index (χ2v) is 4.61. The molecule has 0 unspecified atom stereocenters. The highest BCUT2D eigenvalue weighted by Gasteiger charge is 2.11. The zero-order valence-electron chi connectivity index (χ0n) is 11.5. The third-order valence-corrected chi connectivity index (χ3v) is 3.13. The first-order valence-electron chi connectivity index (χ1n) is 6.83. The predicted octanol–water partition coefficient (Wildman–Crippen LogP) is 3.10. The van der Waals surface area contributed by atoms with Crippen molar-refractivity contribution in [2.24, 2.45) is 0 Å². The van der Waals surface area contributed by atoms with E-state index in [0.717, 1.165) is 18.4 Å². The van der Waals surface area contributed by atoms with Crippen molar-refractivity contribution >= 4 is 5.97 Å². The number of unbranched alkanes of at least 4 members (excludes halogenated alkanes) is 1. The summed E-state index contributed by atoms with van der Waals surface area (Å²) in [4.78, 5) is 10.4. The molecule has 2 rings (SSSR count). The molecule has 2 aromatic rings. The number of carboxylic acids is 1. The molecular weight excluding hydrogens is 256 g/mol. The van der Waals surface area contributed by atoms with Crippen LogP contribution >= 0.6 is 0 Å². The van der Waals surface area contributed by atoms with Crippen LogP contribution in [0.25, 0.3) is 11.5 Å². The predicted molar refractivity (Wildman–Crippen MR) is 74.3 cm³/mol. The molecule has 0 saturated heterocycles. The van der Waals surface area contributed by atoms with Gasteiger partial charge in [0.1, 0.15) is 0 Å². The summed E-state index contributed by atoms with van der Waals surface area (Å²) in [5.74, 6) is 0.333. The number of rotatable bonds is 7. The molecule has 5 heteroatoms. The van der Waals surface area contributed by atoms with E-state index >= 15 is 0 Å². The number of aryl methyl sites for hydroxylation is 2. The molecule has 0 aliphatic carbocycles. The molecule has 1 aromatic heterocycles. The van der Waals surface area contributed by atoms with E-state index in [9.17, 15) is 4.79 Å². The second-order valence-electron chi connectivity index (χ2n) is 4.61.